The number of likely N-dealkylation sites (tertiary alicyclic amines) is 1. The van der Waals surface area contributed by atoms with Crippen molar-refractivity contribution < 1.29 is 13.2 Å². The van der Waals surface area contributed by atoms with Crippen LogP contribution in [0.25, 0.3) is 5.65 Å². The molecule has 13 heteroatoms. The van der Waals surface area contributed by atoms with E-state index in [-0.39, 0.29) is 18.4 Å². The zero-order valence-electron chi connectivity index (χ0n) is 23.1. The van der Waals surface area contributed by atoms with Gasteiger partial charge in [0.25, 0.3) is 0 Å². The Morgan fingerprint density at radius 1 is 1.00 bits per heavy atom. The Kier molecular flexibility index (Phi) is 7.43. The molecule has 1 amide bonds. The van der Waals surface area contributed by atoms with Crippen molar-refractivity contribution in [2.75, 3.05) is 68.9 Å². The Balaban J connectivity index is 1.34. The van der Waals surface area contributed by atoms with Crippen molar-refractivity contribution in [3.63, 3.8) is 0 Å². The van der Waals surface area contributed by atoms with Gasteiger partial charge in [-0.05, 0) is 44.9 Å². The van der Waals surface area contributed by atoms with E-state index in [1.54, 1.807) is 12.2 Å². The van der Waals surface area contributed by atoms with Gasteiger partial charge in [-0.2, -0.15) is 9.61 Å². The number of rotatable bonds is 6. The molecule has 216 valence electrons. The largest absolute Gasteiger partial charge is 0.356 e. The molecule has 1 N–H and O–H groups in total. The number of nitrogens with one attached hydrogen (secondary N) is 1. The molecule has 6 rings (SSSR count). The lowest BCUT2D eigenvalue weighted by molar-refractivity contribution is -0.138. The molecule has 40 heavy (non-hydrogen) atoms. The number of amides is 1. The molecule has 3 saturated heterocycles. The van der Waals surface area contributed by atoms with Crippen molar-refractivity contribution >= 4 is 44.8 Å². The van der Waals surface area contributed by atoms with Crippen LogP contribution < -0.4 is 14.5 Å². The molecule has 4 aliphatic rings. The highest BCUT2D eigenvalue weighted by atomic mass is 35.5. The van der Waals surface area contributed by atoms with E-state index in [1.165, 1.54) is 6.42 Å². The van der Waals surface area contributed by atoms with Crippen molar-refractivity contribution in [2.45, 2.75) is 38.1 Å². The minimum atomic E-state index is -3.55. The van der Waals surface area contributed by atoms with Crippen molar-refractivity contribution in [3.05, 3.63) is 40.7 Å². The maximum absolute atomic E-state index is 14.0. The zero-order chi connectivity index (χ0) is 28.0. The molecule has 2 aromatic rings. The molecule has 2 atom stereocenters. The number of piperidine rings is 1. The van der Waals surface area contributed by atoms with Crippen LogP contribution >= 0.6 is 11.6 Å². The third-order valence-electron chi connectivity index (χ3n) is 8.37. The Morgan fingerprint density at radius 3 is 2.48 bits per heavy atom. The van der Waals surface area contributed by atoms with Gasteiger partial charge in [0.05, 0.1) is 23.9 Å². The van der Waals surface area contributed by atoms with E-state index in [9.17, 15) is 13.2 Å². The zero-order valence-corrected chi connectivity index (χ0v) is 24.7. The van der Waals surface area contributed by atoms with Gasteiger partial charge in [-0.1, -0.05) is 11.6 Å². The number of hydrogen-bond donors (Lipinski definition) is 1. The summed E-state index contributed by atoms with van der Waals surface area (Å²) in [5.74, 6) is 1.18. The van der Waals surface area contributed by atoms with Gasteiger partial charge in [0.15, 0.2) is 5.65 Å². The summed E-state index contributed by atoms with van der Waals surface area (Å²) in [7, 11) is -1.40. The second-order valence-corrected chi connectivity index (χ2v) is 13.6. The molecule has 1 unspecified atom stereocenters. The van der Waals surface area contributed by atoms with Crippen LogP contribution in [0.2, 0.25) is 0 Å². The first-order valence-corrected chi connectivity index (χ1v) is 16.4. The van der Waals surface area contributed by atoms with Crippen LogP contribution in [-0.2, 0) is 14.8 Å². The van der Waals surface area contributed by atoms with E-state index < -0.39 is 15.9 Å². The van der Waals surface area contributed by atoms with Crippen LogP contribution in [0, 0.1) is 5.92 Å². The van der Waals surface area contributed by atoms with E-state index in [2.05, 4.69) is 32.5 Å². The summed E-state index contributed by atoms with van der Waals surface area (Å²) in [4.78, 5) is 27.9. The fourth-order valence-corrected chi connectivity index (χ4v) is 6.86. The summed E-state index contributed by atoms with van der Waals surface area (Å²) in [5.41, 5.74) is 1.96. The lowest BCUT2D eigenvalue weighted by atomic mass is 9.92. The third kappa shape index (κ3) is 5.53. The molecule has 0 bridgehead atoms. The third-order valence-corrected chi connectivity index (χ3v) is 9.25. The first-order chi connectivity index (χ1) is 19.2. The minimum absolute atomic E-state index is 0.135. The van der Waals surface area contributed by atoms with Gasteiger partial charge < -0.3 is 19.6 Å². The molecular formula is C27H37ClN8O3S. The van der Waals surface area contributed by atoms with Gasteiger partial charge in [-0.3, -0.25) is 9.52 Å². The maximum atomic E-state index is 14.0. The van der Waals surface area contributed by atoms with Crippen LogP contribution in [-0.4, -0.2) is 97.8 Å². The number of piperazine rings is 1. The van der Waals surface area contributed by atoms with Gasteiger partial charge in [0, 0.05) is 75.1 Å². The lowest BCUT2D eigenvalue weighted by Gasteiger charge is -2.38. The van der Waals surface area contributed by atoms with Gasteiger partial charge in [0.1, 0.15) is 11.6 Å². The highest BCUT2D eigenvalue weighted by molar-refractivity contribution is 7.88. The first kappa shape index (κ1) is 27.3. The SMILES string of the molecule is CN1CCN(c2cc(N3CCC3)nc3cc([C@@H]4CCCCN4C(=O)C4CC(Cl)=CC=C4NS(C)(=O)=O)nn23)CC1. The average molecular weight is 589 g/mol. The van der Waals surface area contributed by atoms with E-state index in [0.29, 0.717) is 17.3 Å². The topological polar surface area (TPSA) is 106 Å². The predicted molar refractivity (Wildman–Crippen MR) is 156 cm³/mol. The number of nitrogens with zero attached hydrogens (tertiary/aromatic N) is 7. The number of carbonyl (C=O) groups excluding carboxylic acids is 1. The molecule has 11 nitrogen and oxygen atoms in total. The number of anilines is 2. The summed E-state index contributed by atoms with van der Waals surface area (Å²) in [5, 5.41) is 5.60. The number of likely N-dealkylation sites (N-methyl/N-ethyl adjacent to an activating group) is 1. The number of fused-ring (bicyclic) bond motifs is 1. The number of allylic oxidation sites excluding steroid dienone is 3. The molecular weight excluding hydrogens is 552 g/mol. The molecule has 0 aromatic carbocycles. The monoisotopic (exact) mass is 588 g/mol. The summed E-state index contributed by atoms with van der Waals surface area (Å²) in [6.45, 7) is 6.39. The second kappa shape index (κ2) is 10.9. The van der Waals surface area contributed by atoms with E-state index >= 15 is 0 Å². The van der Waals surface area contributed by atoms with Crippen LogP contribution in [0.1, 0.15) is 43.8 Å². The fourth-order valence-electron chi connectivity index (χ4n) is 6.01. The standard InChI is InChI=1S/C27H37ClN8O3S/c1-32-12-14-34(15-13-32)26-18-24(33-9-5-10-33)29-25-17-22(30-36(25)26)23-6-3-4-11-35(23)27(37)20-16-19(28)7-8-21(20)31-40(2,38)39/h7-8,17-18,20,23,31H,3-6,9-16H2,1-2H3/t20?,23-/m0/s1. The molecule has 0 saturated carbocycles. The van der Waals surface area contributed by atoms with Crippen molar-refractivity contribution in [3.8, 4) is 0 Å². The first-order valence-electron chi connectivity index (χ1n) is 14.1. The number of hydrogen-bond acceptors (Lipinski definition) is 8. The Hall–Kier alpha value is -2.83. The van der Waals surface area contributed by atoms with Crippen molar-refractivity contribution in [2.24, 2.45) is 5.92 Å². The smallest absolute Gasteiger partial charge is 0.232 e. The lowest BCUT2D eigenvalue weighted by Crippen LogP contribution is -2.45. The van der Waals surface area contributed by atoms with Crippen molar-refractivity contribution in [1.29, 1.82) is 0 Å². The fraction of sp³-hybridized carbons (Fsp3) is 0.593. The summed E-state index contributed by atoms with van der Waals surface area (Å²) in [6, 6.07) is 3.96. The molecule has 1 aliphatic carbocycles. The quantitative estimate of drug-likeness (QED) is 0.548. The van der Waals surface area contributed by atoms with E-state index in [1.807, 2.05) is 15.5 Å². The van der Waals surface area contributed by atoms with Gasteiger partial charge in [-0.15, -0.1) is 0 Å². The maximum Gasteiger partial charge on any atom is 0.232 e. The number of halogens is 1. The number of aromatic nitrogens is 3. The van der Waals surface area contributed by atoms with Crippen LogP contribution in [0.4, 0.5) is 11.6 Å². The summed E-state index contributed by atoms with van der Waals surface area (Å²) < 4.78 is 28.5. The number of carbonyl (C=O) groups is 1. The van der Waals surface area contributed by atoms with Gasteiger partial charge in [0.2, 0.25) is 15.9 Å². The predicted octanol–water partition coefficient (Wildman–Crippen LogP) is 2.32. The molecule has 0 radical (unpaired) electrons. The number of sulfonamides is 1. The van der Waals surface area contributed by atoms with Crippen LogP contribution in [0.15, 0.2) is 35.0 Å². The van der Waals surface area contributed by atoms with Gasteiger partial charge >= 0.3 is 0 Å². The summed E-state index contributed by atoms with van der Waals surface area (Å²) in [6.07, 6.45) is 8.42. The van der Waals surface area contributed by atoms with Gasteiger partial charge in [-0.25, -0.2) is 13.4 Å². The van der Waals surface area contributed by atoms with E-state index in [0.717, 1.165) is 87.8 Å². The Morgan fingerprint density at radius 2 is 1.77 bits per heavy atom. The van der Waals surface area contributed by atoms with Crippen LogP contribution in [0.5, 0.6) is 0 Å². The second-order valence-electron chi connectivity index (χ2n) is 11.4. The van der Waals surface area contributed by atoms with Crippen LogP contribution in [0.3, 0.4) is 0 Å². The Labute approximate surface area is 240 Å². The molecule has 3 fully saturated rings. The molecule has 2 aromatic heterocycles. The highest BCUT2D eigenvalue weighted by Crippen LogP contribution is 2.37. The molecule has 0 spiro atoms. The molecule has 5 heterocycles. The highest BCUT2D eigenvalue weighted by Gasteiger charge is 2.37. The minimum Gasteiger partial charge on any atom is -0.356 e. The van der Waals surface area contributed by atoms with Crippen molar-refractivity contribution in [1.82, 2.24) is 29.1 Å². The normalized spacial score (nSPS) is 24.5. The Bertz CT molecular complexity index is 1460. The molecule has 3 aliphatic heterocycles. The summed E-state index contributed by atoms with van der Waals surface area (Å²) >= 11 is 6.33. The van der Waals surface area contributed by atoms with E-state index in [4.69, 9.17) is 21.7 Å². The average Bonchev–Trinajstić information content (AvgIpc) is 3.32.